The molecule has 0 radical (unpaired) electrons. The third-order valence-corrected chi connectivity index (χ3v) is 4.62. The Morgan fingerprint density at radius 3 is 2.83 bits per heavy atom. The van der Waals surface area contributed by atoms with Crippen LogP contribution in [0, 0.1) is 5.92 Å². The van der Waals surface area contributed by atoms with Crippen molar-refractivity contribution in [3.05, 3.63) is 23.8 Å². The zero-order valence-corrected chi connectivity index (χ0v) is 11.5. The Labute approximate surface area is 112 Å². The summed E-state index contributed by atoms with van der Waals surface area (Å²) in [6, 6.07) is 5.59. The summed E-state index contributed by atoms with van der Waals surface area (Å²) in [4.78, 5) is 12.6. The van der Waals surface area contributed by atoms with Crippen LogP contribution >= 0.6 is 11.8 Å². The molecule has 18 heavy (non-hydrogen) atoms. The van der Waals surface area contributed by atoms with Gasteiger partial charge < -0.3 is 10.5 Å². The first-order valence-electron chi connectivity index (χ1n) is 6.31. The number of nitrogens with two attached hydrogens (primary N) is 1. The number of carbonyl (C=O) groups is 1. The van der Waals surface area contributed by atoms with Gasteiger partial charge in [-0.2, -0.15) is 0 Å². The predicted octanol–water partition coefficient (Wildman–Crippen LogP) is 3.34. The minimum absolute atomic E-state index is 0.365. The standard InChI is InChI=1S/C14H19NO2S/c1-17-14(16)12-8-11(6-7-13(12)15)18-9-10-4-2-3-5-10/h6-8,10H,2-5,9,15H2,1H3. The maximum Gasteiger partial charge on any atom is 0.339 e. The highest BCUT2D eigenvalue weighted by atomic mass is 32.2. The molecule has 0 spiro atoms. The van der Waals surface area contributed by atoms with Crippen molar-refractivity contribution in [1.82, 2.24) is 0 Å². The van der Waals surface area contributed by atoms with Gasteiger partial charge in [0, 0.05) is 16.3 Å². The number of methoxy groups -OCH3 is 1. The van der Waals surface area contributed by atoms with Gasteiger partial charge in [-0.05, 0) is 37.0 Å². The largest absolute Gasteiger partial charge is 0.465 e. The Balaban J connectivity index is 2.02. The second-order valence-corrected chi connectivity index (χ2v) is 5.80. The molecule has 1 saturated carbocycles. The van der Waals surface area contributed by atoms with Crippen LogP contribution in [0.15, 0.2) is 23.1 Å². The van der Waals surface area contributed by atoms with E-state index in [4.69, 9.17) is 10.5 Å². The Kier molecular flexibility index (Phi) is 4.53. The van der Waals surface area contributed by atoms with Crippen LogP contribution in [0.25, 0.3) is 0 Å². The van der Waals surface area contributed by atoms with Crippen molar-refractivity contribution < 1.29 is 9.53 Å². The van der Waals surface area contributed by atoms with Crippen molar-refractivity contribution in [2.45, 2.75) is 30.6 Å². The van der Waals surface area contributed by atoms with Crippen molar-refractivity contribution in [3.8, 4) is 0 Å². The molecule has 2 rings (SSSR count). The quantitative estimate of drug-likeness (QED) is 0.515. The van der Waals surface area contributed by atoms with Crippen molar-refractivity contribution in [2.24, 2.45) is 5.92 Å². The summed E-state index contributed by atoms with van der Waals surface area (Å²) in [6.07, 6.45) is 5.40. The van der Waals surface area contributed by atoms with Crippen LogP contribution in [0.5, 0.6) is 0 Å². The first kappa shape index (κ1) is 13.3. The Morgan fingerprint density at radius 2 is 2.17 bits per heavy atom. The van der Waals surface area contributed by atoms with E-state index in [1.54, 1.807) is 17.8 Å². The first-order chi connectivity index (χ1) is 8.70. The fraction of sp³-hybridized carbons (Fsp3) is 0.500. The summed E-state index contributed by atoms with van der Waals surface area (Å²) in [7, 11) is 1.38. The van der Waals surface area contributed by atoms with Crippen LogP contribution in [-0.2, 0) is 4.74 Å². The molecule has 1 aromatic rings. The van der Waals surface area contributed by atoms with Crippen molar-refractivity contribution in [1.29, 1.82) is 0 Å². The number of benzene rings is 1. The van der Waals surface area contributed by atoms with Crippen LogP contribution in [0.2, 0.25) is 0 Å². The summed E-state index contributed by atoms with van der Waals surface area (Å²) in [5.41, 5.74) is 6.72. The number of hydrogen-bond acceptors (Lipinski definition) is 4. The Morgan fingerprint density at radius 1 is 1.44 bits per heavy atom. The number of carbonyl (C=O) groups excluding carboxylic acids is 1. The first-order valence-corrected chi connectivity index (χ1v) is 7.30. The molecule has 1 fully saturated rings. The van der Waals surface area contributed by atoms with Gasteiger partial charge in [0.05, 0.1) is 12.7 Å². The number of rotatable bonds is 4. The molecule has 0 heterocycles. The second-order valence-electron chi connectivity index (χ2n) is 4.70. The van der Waals surface area contributed by atoms with Crippen LogP contribution in [-0.4, -0.2) is 18.8 Å². The zero-order chi connectivity index (χ0) is 13.0. The van der Waals surface area contributed by atoms with E-state index in [0.29, 0.717) is 11.3 Å². The highest BCUT2D eigenvalue weighted by molar-refractivity contribution is 7.99. The fourth-order valence-corrected chi connectivity index (χ4v) is 3.43. The Bertz CT molecular complexity index is 428. The molecule has 0 aliphatic heterocycles. The highest BCUT2D eigenvalue weighted by Gasteiger charge is 2.16. The minimum atomic E-state index is -0.365. The van der Waals surface area contributed by atoms with E-state index < -0.39 is 0 Å². The van der Waals surface area contributed by atoms with Crippen LogP contribution < -0.4 is 5.73 Å². The molecule has 4 heteroatoms. The lowest BCUT2D eigenvalue weighted by Crippen LogP contribution is -2.05. The third-order valence-electron chi connectivity index (χ3n) is 3.39. The molecule has 1 aromatic carbocycles. The molecule has 0 bridgehead atoms. The van der Waals surface area contributed by atoms with Gasteiger partial charge in [0.25, 0.3) is 0 Å². The Hall–Kier alpha value is -1.16. The molecule has 1 aliphatic carbocycles. The molecule has 3 nitrogen and oxygen atoms in total. The molecule has 2 N–H and O–H groups in total. The fourth-order valence-electron chi connectivity index (χ4n) is 2.30. The lowest BCUT2D eigenvalue weighted by atomic mass is 10.1. The molecule has 0 saturated heterocycles. The van der Waals surface area contributed by atoms with Gasteiger partial charge in [-0.25, -0.2) is 4.79 Å². The van der Waals surface area contributed by atoms with E-state index in [9.17, 15) is 4.79 Å². The molecular formula is C14H19NO2S. The van der Waals surface area contributed by atoms with E-state index in [0.717, 1.165) is 16.6 Å². The van der Waals surface area contributed by atoms with E-state index in [1.807, 2.05) is 12.1 Å². The monoisotopic (exact) mass is 265 g/mol. The normalized spacial score (nSPS) is 15.8. The molecule has 0 atom stereocenters. The van der Waals surface area contributed by atoms with E-state index in [2.05, 4.69) is 0 Å². The van der Waals surface area contributed by atoms with Crippen molar-refractivity contribution in [2.75, 3.05) is 18.6 Å². The summed E-state index contributed by atoms with van der Waals surface area (Å²) < 4.78 is 4.72. The summed E-state index contributed by atoms with van der Waals surface area (Å²) in [5, 5.41) is 0. The van der Waals surface area contributed by atoms with Gasteiger partial charge in [-0.1, -0.05) is 12.8 Å². The lowest BCUT2D eigenvalue weighted by Gasteiger charge is -2.10. The van der Waals surface area contributed by atoms with Gasteiger partial charge in [-0.3, -0.25) is 0 Å². The van der Waals surface area contributed by atoms with Gasteiger partial charge >= 0.3 is 5.97 Å². The van der Waals surface area contributed by atoms with Crippen molar-refractivity contribution >= 4 is 23.4 Å². The third kappa shape index (κ3) is 3.19. The number of hydrogen-bond donors (Lipinski definition) is 1. The number of thioether (sulfide) groups is 1. The maximum atomic E-state index is 11.5. The maximum absolute atomic E-state index is 11.5. The van der Waals surface area contributed by atoms with Gasteiger partial charge in [-0.15, -0.1) is 11.8 Å². The van der Waals surface area contributed by atoms with Crippen LogP contribution in [0.1, 0.15) is 36.0 Å². The molecule has 1 aliphatic rings. The topological polar surface area (TPSA) is 52.3 Å². The van der Waals surface area contributed by atoms with Crippen LogP contribution in [0.4, 0.5) is 5.69 Å². The van der Waals surface area contributed by atoms with E-state index >= 15 is 0 Å². The molecule has 0 aromatic heterocycles. The van der Waals surface area contributed by atoms with Crippen LogP contribution in [0.3, 0.4) is 0 Å². The number of anilines is 1. The number of nitrogen functional groups attached to an aromatic ring is 1. The van der Waals surface area contributed by atoms with E-state index in [-0.39, 0.29) is 5.97 Å². The second kappa shape index (κ2) is 6.14. The van der Waals surface area contributed by atoms with Gasteiger partial charge in [0.1, 0.15) is 0 Å². The molecular weight excluding hydrogens is 246 g/mol. The zero-order valence-electron chi connectivity index (χ0n) is 10.6. The molecule has 0 amide bonds. The van der Waals surface area contributed by atoms with Gasteiger partial charge in [0.2, 0.25) is 0 Å². The lowest BCUT2D eigenvalue weighted by molar-refractivity contribution is 0.0601. The van der Waals surface area contributed by atoms with E-state index in [1.165, 1.54) is 32.8 Å². The van der Waals surface area contributed by atoms with Gasteiger partial charge in [0.15, 0.2) is 0 Å². The number of ether oxygens (including phenoxy) is 1. The molecule has 0 unspecified atom stereocenters. The average molecular weight is 265 g/mol. The number of esters is 1. The summed E-state index contributed by atoms with van der Waals surface area (Å²) in [5.74, 6) is 1.59. The molecule has 98 valence electrons. The smallest absolute Gasteiger partial charge is 0.339 e. The summed E-state index contributed by atoms with van der Waals surface area (Å²) >= 11 is 1.81. The van der Waals surface area contributed by atoms with Crippen molar-refractivity contribution in [3.63, 3.8) is 0 Å². The average Bonchev–Trinajstić information content (AvgIpc) is 2.90. The SMILES string of the molecule is COC(=O)c1cc(SCC2CCCC2)ccc1N. The summed E-state index contributed by atoms with van der Waals surface area (Å²) in [6.45, 7) is 0. The highest BCUT2D eigenvalue weighted by Crippen LogP contribution is 2.32. The minimum Gasteiger partial charge on any atom is -0.465 e. The predicted molar refractivity (Wildman–Crippen MR) is 74.9 cm³/mol.